The number of para-hydroxylation sites is 2. The van der Waals surface area contributed by atoms with Crippen LogP contribution in [0.5, 0.6) is 0 Å². The van der Waals surface area contributed by atoms with Crippen molar-refractivity contribution in [2.24, 2.45) is 5.92 Å². The second-order valence-corrected chi connectivity index (χ2v) is 8.07. The number of benzene rings is 2. The molecule has 2 saturated heterocycles. The Kier molecular flexibility index (Phi) is 5.16. The monoisotopic (exact) mass is 437 g/mol. The minimum Gasteiger partial charge on any atom is -0.354 e. The molecule has 3 aromatic rings. The highest BCUT2D eigenvalue weighted by molar-refractivity contribution is 6.04. The zero-order valence-electron chi connectivity index (χ0n) is 17.2. The van der Waals surface area contributed by atoms with E-state index in [4.69, 9.17) is 4.98 Å². The molecule has 5 rings (SSSR count). The molecule has 0 bridgehead atoms. The van der Waals surface area contributed by atoms with Gasteiger partial charge in [0.1, 0.15) is 11.6 Å². The lowest BCUT2D eigenvalue weighted by Gasteiger charge is -2.21. The lowest BCUT2D eigenvalue weighted by Crippen LogP contribution is -2.30. The number of halogens is 2. The highest BCUT2D eigenvalue weighted by Crippen LogP contribution is 2.31. The number of amides is 2. The van der Waals surface area contributed by atoms with E-state index >= 15 is 0 Å². The fraction of sp³-hybridized carbons (Fsp3) is 0.304. The number of nitrogens with zero attached hydrogens (tertiary/aromatic N) is 4. The summed E-state index contributed by atoms with van der Waals surface area (Å²) in [5.41, 5.74) is 1.36. The van der Waals surface area contributed by atoms with Crippen LogP contribution in [0.15, 0.2) is 42.5 Å². The molecule has 1 aromatic heterocycles. The molecule has 2 aliphatic rings. The average Bonchev–Trinajstić information content (AvgIpc) is 3.44. The molecule has 2 aliphatic heterocycles. The van der Waals surface area contributed by atoms with Crippen LogP contribution in [-0.2, 0) is 9.59 Å². The van der Waals surface area contributed by atoms with Crippen molar-refractivity contribution in [3.8, 4) is 0 Å². The number of carbonyl (C=O) groups is 2. The smallest absolute Gasteiger partial charge is 0.231 e. The average molecular weight is 437 g/mol. The Balaban J connectivity index is 1.40. The van der Waals surface area contributed by atoms with E-state index in [1.165, 1.54) is 11.0 Å². The summed E-state index contributed by atoms with van der Waals surface area (Å²) in [6, 6.07) is 10.5. The Morgan fingerprint density at radius 3 is 2.47 bits per heavy atom. The zero-order chi connectivity index (χ0) is 22.2. The Hall–Kier alpha value is -3.62. The summed E-state index contributed by atoms with van der Waals surface area (Å²) in [5.74, 6) is -2.05. The van der Waals surface area contributed by atoms with Gasteiger partial charge in [-0.1, -0.05) is 12.1 Å². The van der Waals surface area contributed by atoms with Crippen molar-refractivity contribution in [1.29, 1.82) is 0 Å². The molecule has 1 unspecified atom stereocenters. The lowest BCUT2D eigenvalue weighted by molar-refractivity contribution is -0.122. The van der Waals surface area contributed by atoms with Crippen LogP contribution < -0.4 is 15.1 Å². The van der Waals surface area contributed by atoms with Crippen molar-refractivity contribution in [3.05, 3.63) is 54.1 Å². The molecule has 2 amide bonds. The van der Waals surface area contributed by atoms with Gasteiger partial charge in [0.2, 0.25) is 11.8 Å². The first-order chi connectivity index (χ1) is 15.5. The molecule has 0 radical (unpaired) electrons. The van der Waals surface area contributed by atoms with E-state index in [1.807, 2.05) is 24.3 Å². The summed E-state index contributed by atoms with van der Waals surface area (Å²) in [5, 5.41) is 2.85. The van der Waals surface area contributed by atoms with Gasteiger partial charge in [-0.05, 0) is 37.1 Å². The lowest BCUT2D eigenvalue weighted by atomic mass is 10.1. The van der Waals surface area contributed by atoms with Crippen LogP contribution >= 0.6 is 0 Å². The number of hydrogen-bond acceptors (Lipinski definition) is 5. The van der Waals surface area contributed by atoms with E-state index < -0.39 is 17.6 Å². The van der Waals surface area contributed by atoms with Crippen molar-refractivity contribution in [1.82, 2.24) is 9.97 Å². The summed E-state index contributed by atoms with van der Waals surface area (Å²) in [6.45, 7) is 1.66. The first-order valence-electron chi connectivity index (χ1n) is 10.6. The number of nitrogens with one attached hydrogen (secondary N) is 1. The quantitative estimate of drug-likeness (QED) is 0.676. The van der Waals surface area contributed by atoms with Gasteiger partial charge in [-0.15, -0.1) is 0 Å². The van der Waals surface area contributed by atoms with Gasteiger partial charge in [-0.3, -0.25) is 9.59 Å². The Morgan fingerprint density at radius 2 is 1.75 bits per heavy atom. The van der Waals surface area contributed by atoms with Crippen LogP contribution in [0, 0.1) is 17.6 Å². The normalized spacial score (nSPS) is 18.6. The summed E-state index contributed by atoms with van der Waals surface area (Å²) < 4.78 is 27.4. The second kappa shape index (κ2) is 8.14. The molecule has 7 nitrogen and oxygen atoms in total. The molecule has 1 atom stereocenters. The van der Waals surface area contributed by atoms with E-state index in [-0.39, 0.29) is 30.5 Å². The van der Waals surface area contributed by atoms with Crippen LogP contribution in [0.1, 0.15) is 19.3 Å². The van der Waals surface area contributed by atoms with Gasteiger partial charge in [-0.25, -0.2) is 18.7 Å². The molecular formula is C23H21F2N5O2. The third kappa shape index (κ3) is 3.74. The van der Waals surface area contributed by atoms with Gasteiger partial charge in [0.05, 0.1) is 22.6 Å². The molecule has 164 valence electrons. The van der Waals surface area contributed by atoms with Crippen LogP contribution in [0.25, 0.3) is 11.0 Å². The minimum atomic E-state index is -0.837. The third-order valence-electron chi connectivity index (χ3n) is 5.90. The van der Waals surface area contributed by atoms with Gasteiger partial charge in [0.15, 0.2) is 11.6 Å². The maximum atomic E-state index is 14.2. The Bertz CT molecular complexity index is 1210. The van der Waals surface area contributed by atoms with Crippen LogP contribution in [0.4, 0.5) is 26.1 Å². The predicted molar refractivity (Wildman–Crippen MR) is 116 cm³/mol. The number of anilines is 3. The fourth-order valence-electron chi connectivity index (χ4n) is 4.26. The molecular weight excluding hydrogens is 416 g/mol. The van der Waals surface area contributed by atoms with Gasteiger partial charge < -0.3 is 15.1 Å². The predicted octanol–water partition coefficient (Wildman–Crippen LogP) is 3.50. The van der Waals surface area contributed by atoms with Crippen molar-refractivity contribution in [2.45, 2.75) is 19.3 Å². The molecule has 2 fully saturated rings. The van der Waals surface area contributed by atoms with Crippen molar-refractivity contribution in [3.63, 3.8) is 0 Å². The summed E-state index contributed by atoms with van der Waals surface area (Å²) in [4.78, 5) is 38.1. The first kappa shape index (κ1) is 20.3. The summed E-state index contributed by atoms with van der Waals surface area (Å²) in [7, 11) is 0. The highest BCUT2D eigenvalue weighted by atomic mass is 19.1. The highest BCUT2D eigenvalue weighted by Gasteiger charge is 2.37. The number of rotatable bonds is 4. The number of aromatic nitrogens is 2. The summed E-state index contributed by atoms with van der Waals surface area (Å²) in [6.07, 6.45) is 2.01. The Morgan fingerprint density at radius 1 is 1.03 bits per heavy atom. The number of hydrogen-bond donors (Lipinski definition) is 1. The Labute approximate surface area is 183 Å². The van der Waals surface area contributed by atoms with Gasteiger partial charge >= 0.3 is 0 Å². The molecule has 0 saturated carbocycles. The van der Waals surface area contributed by atoms with Crippen LogP contribution in [0.3, 0.4) is 0 Å². The summed E-state index contributed by atoms with van der Waals surface area (Å²) >= 11 is 0. The standard InChI is InChI=1S/C23H21F2N5O2/c24-15-7-8-19(16(25)12-15)30-13-14(11-20(30)31)23(32)28-21-22(29-9-3-4-10-29)27-18-6-2-1-5-17(18)26-21/h1-2,5-8,12,14H,3-4,9-11,13H2,(H,26,28,32). The van der Waals surface area contributed by atoms with E-state index in [2.05, 4.69) is 15.2 Å². The van der Waals surface area contributed by atoms with Crippen LogP contribution in [-0.4, -0.2) is 41.4 Å². The van der Waals surface area contributed by atoms with Crippen molar-refractivity contribution in [2.75, 3.05) is 34.8 Å². The molecule has 0 aliphatic carbocycles. The molecule has 1 N–H and O–H groups in total. The van der Waals surface area contributed by atoms with E-state index in [0.29, 0.717) is 17.2 Å². The third-order valence-corrected chi connectivity index (χ3v) is 5.90. The van der Waals surface area contributed by atoms with Crippen molar-refractivity contribution < 1.29 is 18.4 Å². The van der Waals surface area contributed by atoms with Crippen LogP contribution in [0.2, 0.25) is 0 Å². The molecule has 0 spiro atoms. The maximum Gasteiger partial charge on any atom is 0.231 e. The van der Waals surface area contributed by atoms with Gasteiger partial charge in [-0.2, -0.15) is 0 Å². The SMILES string of the molecule is O=C(Nc1nc2ccccc2nc1N1CCCC1)C1CC(=O)N(c2ccc(F)cc2F)C1. The minimum absolute atomic E-state index is 0.00722. The van der Waals surface area contributed by atoms with Gasteiger partial charge in [0, 0.05) is 32.1 Å². The number of fused-ring (bicyclic) bond motifs is 1. The van der Waals surface area contributed by atoms with E-state index in [0.717, 1.165) is 43.6 Å². The van der Waals surface area contributed by atoms with E-state index in [1.54, 1.807) is 0 Å². The van der Waals surface area contributed by atoms with E-state index in [9.17, 15) is 18.4 Å². The van der Waals surface area contributed by atoms with Gasteiger partial charge in [0.25, 0.3) is 0 Å². The molecule has 3 heterocycles. The molecule has 32 heavy (non-hydrogen) atoms. The first-order valence-corrected chi connectivity index (χ1v) is 10.6. The maximum absolute atomic E-state index is 14.2. The fourth-order valence-corrected chi connectivity index (χ4v) is 4.26. The topological polar surface area (TPSA) is 78.4 Å². The number of carbonyl (C=O) groups excluding carboxylic acids is 2. The largest absolute Gasteiger partial charge is 0.354 e. The second-order valence-electron chi connectivity index (χ2n) is 8.07. The van der Waals surface area contributed by atoms with Crippen molar-refractivity contribution >= 4 is 40.2 Å². The molecule has 9 heteroatoms. The molecule has 2 aromatic carbocycles. The zero-order valence-corrected chi connectivity index (χ0v) is 17.2.